The Morgan fingerprint density at radius 3 is 2.52 bits per heavy atom. The molecule has 4 rings (SSSR count). The standard InChI is InChI=1S/C18H12N2O3.C2H6/c1-10-19-15-7-6-11(8-17(15)23-10)16-9-13(18(21)22)12-4-2-3-5-14(12)20-16;1-2/h2-9H,1H3,(H,21,22);1-2H3. The Labute approximate surface area is 145 Å². The van der Waals surface area contributed by atoms with E-state index in [-0.39, 0.29) is 5.56 Å². The molecule has 0 bridgehead atoms. The third kappa shape index (κ3) is 3.08. The number of benzene rings is 2. The van der Waals surface area contributed by atoms with E-state index in [1.165, 1.54) is 0 Å². The molecule has 2 heterocycles. The number of nitrogens with zero attached hydrogens (tertiary/aromatic N) is 2. The molecule has 0 saturated carbocycles. The minimum Gasteiger partial charge on any atom is -0.478 e. The Hall–Kier alpha value is -3.21. The molecule has 0 aliphatic rings. The Bertz CT molecular complexity index is 1070. The van der Waals surface area contributed by atoms with Crippen LogP contribution in [0.15, 0.2) is 52.9 Å². The van der Waals surface area contributed by atoms with E-state index in [1.54, 1.807) is 25.1 Å². The van der Waals surface area contributed by atoms with Crippen LogP contribution in [0.4, 0.5) is 0 Å². The number of para-hydroxylation sites is 1. The molecule has 0 atom stereocenters. The van der Waals surface area contributed by atoms with Crippen molar-refractivity contribution in [2.24, 2.45) is 0 Å². The van der Waals surface area contributed by atoms with Gasteiger partial charge in [0.2, 0.25) is 0 Å². The van der Waals surface area contributed by atoms with E-state index >= 15 is 0 Å². The second kappa shape index (κ2) is 6.73. The van der Waals surface area contributed by atoms with Crippen LogP contribution >= 0.6 is 0 Å². The number of aryl methyl sites for hydroxylation is 1. The molecule has 2 aromatic carbocycles. The zero-order valence-corrected chi connectivity index (χ0v) is 14.3. The molecule has 0 amide bonds. The molecule has 2 aromatic heterocycles. The lowest BCUT2D eigenvalue weighted by Crippen LogP contribution is -2.00. The average Bonchev–Trinajstić information content (AvgIpc) is 3.01. The molecule has 0 aliphatic carbocycles. The van der Waals surface area contributed by atoms with Crippen LogP contribution in [-0.4, -0.2) is 21.0 Å². The number of aromatic carboxylic acids is 1. The lowest BCUT2D eigenvalue weighted by Gasteiger charge is -2.07. The fourth-order valence-electron chi connectivity index (χ4n) is 2.70. The van der Waals surface area contributed by atoms with E-state index in [4.69, 9.17) is 4.42 Å². The van der Waals surface area contributed by atoms with Crippen molar-refractivity contribution in [1.29, 1.82) is 0 Å². The largest absolute Gasteiger partial charge is 0.478 e. The van der Waals surface area contributed by atoms with Crippen molar-refractivity contribution in [3.05, 3.63) is 60.0 Å². The van der Waals surface area contributed by atoms with Crippen LogP contribution in [0.5, 0.6) is 0 Å². The number of hydrogen-bond acceptors (Lipinski definition) is 4. The zero-order valence-electron chi connectivity index (χ0n) is 14.3. The fourth-order valence-corrected chi connectivity index (χ4v) is 2.70. The molecule has 0 unspecified atom stereocenters. The SMILES string of the molecule is CC.Cc1nc2ccc(-c3cc(C(=O)O)c4ccccc4n3)cc2o1. The van der Waals surface area contributed by atoms with E-state index in [1.807, 2.05) is 44.2 Å². The van der Waals surface area contributed by atoms with Crippen molar-refractivity contribution < 1.29 is 14.3 Å². The highest BCUT2D eigenvalue weighted by Crippen LogP contribution is 2.27. The third-order valence-corrected chi connectivity index (χ3v) is 3.74. The van der Waals surface area contributed by atoms with Gasteiger partial charge in [0, 0.05) is 17.9 Å². The number of carboxylic acid groups (broad SMARTS) is 1. The van der Waals surface area contributed by atoms with Gasteiger partial charge in [0.15, 0.2) is 11.5 Å². The number of rotatable bonds is 2. The van der Waals surface area contributed by atoms with Crippen molar-refractivity contribution in [3.8, 4) is 11.3 Å². The lowest BCUT2D eigenvalue weighted by molar-refractivity contribution is 0.0699. The van der Waals surface area contributed by atoms with Crippen LogP contribution in [0, 0.1) is 6.92 Å². The van der Waals surface area contributed by atoms with E-state index in [0.29, 0.717) is 28.1 Å². The molecule has 0 saturated heterocycles. The molecule has 0 aliphatic heterocycles. The molecule has 5 nitrogen and oxygen atoms in total. The average molecular weight is 334 g/mol. The number of carbonyl (C=O) groups is 1. The van der Waals surface area contributed by atoms with E-state index in [2.05, 4.69) is 9.97 Å². The van der Waals surface area contributed by atoms with Gasteiger partial charge in [0.25, 0.3) is 0 Å². The van der Waals surface area contributed by atoms with Gasteiger partial charge in [-0.3, -0.25) is 0 Å². The molecule has 4 aromatic rings. The summed E-state index contributed by atoms with van der Waals surface area (Å²) < 4.78 is 5.54. The molecule has 0 radical (unpaired) electrons. The molecule has 0 spiro atoms. The first-order valence-electron chi connectivity index (χ1n) is 8.12. The number of fused-ring (bicyclic) bond motifs is 2. The lowest BCUT2D eigenvalue weighted by atomic mass is 10.0. The van der Waals surface area contributed by atoms with Gasteiger partial charge in [-0.05, 0) is 24.3 Å². The van der Waals surface area contributed by atoms with Gasteiger partial charge in [0.1, 0.15) is 5.52 Å². The molecule has 1 N–H and O–H groups in total. The van der Waals surface area contributed by atoms with Crippen molar-refractivity contribution in [1.82, 2.24) is 9.97 Å². The normalized spacial score (nSPS) is 10.5. The Balaban J connectivity index is 0.000000880. The highest BCUT2D eigenvalue weighted by atomic mass is 16.4. The zero-order chi connectivity index (χ0) is 18.0. The molecule has 126 valence electrons. The summed E-state index contributed by atoms with van der Waals surface area (Å²) in [6, 6.07) is 14.4. The van der Waals surface area contributed by atoms with Crippen molar-refractivity contribution in [2.45, 2.75) is 20.8 Å². The van der Waals surface area contributed by atoms with Gasteiger partial charge in [-0.1, -0.05) is 38.1 Å². The van der Waals surface area contributed by atoms with Gasteiger partial charge in [0.05, 0.1) is 16.8 Å². The fraction of sp³-hybridized carbons (Fsp3) is 0.150. The highest BCUT2D eigenvalue weighted by Gasteiger charge is 2.13. The van der Waals surface area contributed by atoms with Crippen LogP contribution < -0.4 is 0 Å². The maximum Gasteiger partial charge on any atom is 0.336 e. The summed E-state index contributed by atoms with van der Waals surface area (Å²) in [6.07, 6.45) is 0. The third-order valence-electron chi connectivity index (χ3n) is 3.74. The van der Waals surface area contributed by atoms with Gasteiger partial charge >= 0.3 is 5.97 Å². The summed E-state index contributed by atoms with van der Waals surface area (Å²) in [4.78, 5) is 20.4. The molecular weight excluding hydrogens is 316 g/mol. The summed E-state index contributed by atoms with van der Waals surface area (Å²) in [5, 5.41) is 10.1. The second-order valence-corrected chi connectivity index (χ2v) is 5.29. The molecule has 5 heteroatoms. The van der Waals surface area contributed by atoms with Gasteiger partial charge in [-0.2, -0.15) is 0 Å². The smallest absolute Gasteiger partial charge is 0.336 e. The predicted octanol–water partition coefficient (Wildman–Crippen LogP) is 5.08. The summed E-state index contributed by atoms with van der Waals surface area (Å²) >= 11 is 0. The number of pyridine rings is 1. The second-order valence-electron chi connectivity index (χ2n) is 5.29. The van der Waals surface area contributed by atoms with Crippen molar-refractivity contribution in [2.75, 3.05) is 0 Å². The minimum atomic E-state index is -0.971. The van der Waals surface area contributed by atoms with Crippen LogP contribution in [0.3, 0.4) is 0 Å². The number of carboxylic acids is 1. The highest BCUT2D eigenvalue weighted by molar-refractivity contribution is 6.03. The Morgan fingerprint density at radius 1 is 1.00 bits per heavy atom. The summed E-state index contributed by atoms with van der Waals surface area (Å²) in [6.45, 7) is 5.79. The number of aromatic nitrogens is 2. The van der Waals surface area contributed by atoms with Gasteiger partial charge < -0.3 is 9.52 Å². The minimum absolute atomic E-state index is 0.236. The summed E-state index contributed by atoms with van der Waals surface area (Å²) in [5.74, 6) is -0.378. The molecular formula is C20H18N2O3. The summed E-state index contributed by atoms with van der Waals surface area (Å²) in [7, 11) is 0. The van der Waals surface area contributed by atoms with Crippen molar-refractivity contribution >= 4 is 28.0 Å². The monoisotopic (exact) mass is 334 g/mol. The van der Waals surface area contributed by atoms with E-state index in [0.717, 1.165) is 11.1 Å². The molecule has 0 fully saturated rings. The van der Waals surface area contributed by atoms with Crippen LogP contribution in [-0.2, 0) is 0 Å². The van der Waals surface area contributed by atoms with E-state index < -0.39 is 5.97 Å². The van der Waals surface area contributed by atoms with E-state index in [9.17, 15) is 9.90 Å². The maximum absolute atomic E-state index is 11.6. The van der Waals surface area contributed by atoms with Crippen LogP contribution in [0.25, 0.3) is 33.3 Å². The first-order valence-corrected chi connectivity index (χ1v) is 8.12. The van der Waals surface area contributed by atoms with Gasteiger partial charge in [-0.25, -0.2) is 14.8 Å². The Morgan fingerprint density at radius 2 is 1.76 bits per heavy atom. The van der Waals surface area contributed by atoms with Crippen LogP contribution in [0.2, 0.25) is 0 Å². The van der Waals surface area contributed by atoms with Crippen molar-refractivity contribution in [3.63, 3.8) is 0 Å². The predicted molar refractivity (Wildman–Crippen MR) is 97.8 cm³/mol. The van der Waals surface area contributed by atoms with Gasteiger partial charge in [-0.15, -0.1) is 0 Å². The first kappa shape index (κ1) is 16.6. The summed E-state index contributed by atoms with van der Waals surface area (Å²) in [5.41, 5.74) is 3.70. The quantitative estimate of drug-likeness (QED) is 0.553. The molecule has 25 heavy (non-hydrogen) atoms. The topological polar surface area (TPSA) is 76.2 Å². The Kier molecular flexibility index (Phi) is 4.48. The number of hydrogen-bond donors (Lipinski definition) is 1. The number of oxazole rings is 1. The van der Waals surface area contributed by atoms with Crippen LogP contribution in [0.1, 0.15) is 30.1 Å². The first-order chi connectivity index (χ1) is 12.1. The maximum atomic E-state index is 11.6.